The van der Waals surface area contributed by atoms with Gasteiger partial charge in [0.25, 0.3) is 0 Å². The maximum atomic E-state index is 11.6. The van der Waals surface area contributed by atoms with Crippen LogP contribution in [-0.2, 0) is 9.53 Å². The largest absolute Gasteiger partial charge is 0.496 e. The van der Waals surface area contributed by atoms with E-state index in [2.05, 4.69) is 23.1 Å². The molecule has 0 N–H and O–H groups in total. The Morgan fingerprint density at radius 1 is 1.17 bits per heavy atom. The number of piperidine rings is 2. The van der Waals surface area contributed by atoms with E-state index < -0.39 is 0 Å². The summed E-state index contributed by atoms with van der Waals surface area (Å²) < 4.78 is 10.4. The standard InChI is InChI=1S/C19H27NO3/c1-22-18-6-4-3-5-17(18)15-8-10-20-9-7-14(11-16(20)13-15)12-19(21)23-2/h3-6,14-16H,7-13H2,1-2H3. The van der Waals surface area contributed by atoms with Gasteiger partial charge in [-0.2, -0.15) is 0 Å². The summed E-state index contributed by atoms with van der Waals surface area (Å²) in [5, 5.41) is 0. The van der Waals surface area contributed by atoms with Crippen LogP contribution in [0.3, 0.4) is 0 Å². The molecular weight excluding hydrogens is 290 g/mol. The minimum atomic E-state index is -0.0689. The van der Waals surface area contributed by atoms with Crippen LogP contribution in [0.5, 0.6) is 5.75 Å². The zero-order valence-electron chi connectivity index (χ0n) is 14.2. The number of hydrogen-bond donors (Lipinski definition) is 0. The molecule has 3 atom stereocenters. The molecule has 2 saturated heterocycles. The third-order valence-corrected chi connectivity index (χ3v) is 5.53. The topological polar surface area (TPSA) is 38.8 Å². The number of para-hydroxylation sites is 1. The van der Waals surface area contributed by atoms with Gasteiger partial charge in [-0.25, -0.2) is 0 Å². The average Bonchev–Trinajstić information content (AvgIpc) is 2.61. The molecule has 4 heteroatoms. The number of methoxy groups -OCH3 is 2. The Bertz CT molecular complexity index is 545. The zero-order chi connectivity index (χ0) is 16.2. The predicted molar refractivity (Wildman–Crippen MR) is 89.7 cm³/mol. The lowest BCUT2D eigenvalue weighted by atomic mass is 9.78. The molecule has 1 aromatic rings. The molecule has 0 radical (unpaired) electrons. The van der Waals surface area contributed by atoms with Crippen molar-refractivity contribution in [2.24, 2.45) is 5.92 Å². The van der Waals surface area contributed by atoms with Crippen molar-refractivity contribution in [3.63, 3.8) is 0 Å². The van der Waals surface area contributed by atoms with Crippen molar-refractivity contribution in [1.29, 1.82) is 0 Å². The van der Waals surface area contributed by atoms with Gasteiger partial charge in [0.15, 0.2) is 0 Å². The molecule has 23 heavy (non-hydrogen) atoms. The fraction of sp³-hybridized carbons (Fsp3) is 0.632. The Morgan fingerprint density at radius 3 is 2.74 bits per heavy atom. The molecule has 1 aromatic carbocycles. The van der Waals surface area contributed by atoms with Crippen molar-refractivity contribution in [3.05, 3.63) is 29.8 Å². The van der Waals surface area contributed by atoms with E-state index in [-0.39, 0.29) is 5.97 Å². The highest BCUT2D eigenvalue weighted by atomic mass is 16.5. The van der Waals surface area contributed by atoms with Gasteiger partial charge in [-0.05, 0) is 62.2 Å². The molecule has 0 amide bonds. The van der Waals surface area contributed by atoms with Crippen LogP contribution >= 0.6 is 0 Å². The second kappa shape index (κ2) is 7.35. The van der Waals surface area contributed by atoms with E-state index in [9.17, 15) is 4.79 Å². The lowest BCUT2D eigenvalue weighted by Crippen LogP contribution is -2.47. The molecule has 2 aliphatic rings. The molecule has 0 bridgehead atoms. The van der Waals surface area contributed by atoms with E-state index in [0.717, 1.165) is 38.1 Å². The SMILES string of the molecule is COC(=O)CC1CCN2CCC(c3ccccc3OC)CC2C1. The number of rotatable bonds is 4. The lowest BCUT2D eigenvalue weighted by Gasteiger charge is -2.45. The van der Waals surface area contributed by atoms with Gasteiger partial charge in [0.2, 0.25) is 0 Å². The van der Waals surface area contributed by atoms with Gasteiger partial charge in [0, 0.05) is 12.5 Å². The average molecular weight is 317 g/mol. The molecule has 0 aliphatic carbocycles. The van der Waals surface area contributed by atoms with E-state index in [4.69, 9.17) is 9.47 Å². The quantitative estimate of drug-likeness (QED) is 0.799. The van der Waals surface area contributed by atoms with Gasteiger partial charge in [0.1, 0.15) is 5.75 Å². The number of nitrogens with zero attached hydrogens (tertiary/aromatic N) is 1. The highest BCUT2D eigenvalue weighted by molar-refractivity contribution is 5.69. The zero-order valence-corrected chi connectivity index (χ0v) is 14.2. The van der Waals surface area contributed by atoms with Crippen LogP contribution in [-0.4, -0.2) is 44.2 Å². The highest BCUT2D eigenvalue weighted by Gasteiger charge is 2.35. The molecule has 4 nitrogen and oxygen atoms in total. The number of ether oxygens (including phenoxy) is 2. The molecule has 0 aromatic heterocycles. The van der Waals surface area contributed by atoms with Crippen molar-refractivity contribution in [3.8, 4) is 5.75 Å². The Morgan fingerprint density at radius 2 is 1.96 bits per heavy atom. The minimum Gasteiger partial charge on any atom is -0.496 e. The number of benzene rings is 1. The van der Waals surface area contributed by atoms with Gasteiger partial charge in [-0.1, -0.05) is 18.2 Å². The van der Waals surface area contributed by atoms with Gasteiger partial charge < -0.3 is 14.4 Å². The smallest absolute Gasteiger partial charge is 0.305 e. The fourth-order valence-electron chi connectivity index (χ4n) is 4.28. The summed E-state index contributed by atoms with van der Waals surface area (Å²) in [5.41, 5.74) is 1.34. The second-order valence-electron chi connectivity index (χ2n) is 6.82. The summed E-state index contributed by atoms with van der Waals surface area (Å²) in [6, 6.07) is 8.98. The Balaban J connectivity index is 1.66. The molecule has 2 aliphatic heterocycles. The maximum absolute atomic E-state index is 11.6. The highest BCUT2D eigenvalue weighted by Crippen LogP contribution is 2.40. The summed E-state index contributed by atoms with van der Waals surface area (Å²) in [7, 11) is 3.23. The van der Waals surface area contributed by atoms with Crippen LogP contribution in [0.2, 0.25) is 0 Å². The summed E-state index contributed by atoms with van der Waals surface area (Å²) in [4.78, 5) is 14.2. The summed E-state index contributed by atoms with van der Waals surface area (Å²) in [6.07, 6.45) is 5.16. The number of carbonyl (C=O) groups is 1. The first kappa shape index (κ1) is 16.3. The monoisotopic (exact) mass is 317 g/mol. The van der Waals surface area contributed by atoms with Gasteiger partial charge in [-0.15, -0.1) is 0 Å². The van der Waals surface area contributed by atoms with Gasteiger partial charge in [0.05, 0.1) is 14.2 Å². The third kappa shape index (κ3) is 3.69. The van der Waals surface area contributed by atoms with E-state index in [1.165, 1.54) is 19.1 Å². The number of carbonyl (C=O) groups excluding carboxylic acids is 1. The molecule has 2 heterocycles. The fourth-order valence-corrected chi connectivity index (χ4v) is 4.28. The Hall–Kier alpha value is -1.55. The van der Waals surface area contributed by atoms with E-state index in [1.54, 1.807) is 7.11 Å². The molecule has 0 saturated carbocycles. The van der Waals surface area contributed by atoms with Crippen molar-refractivity contribution in [2.45, 2.75) is 44.1 Å². The van der Waals surface area contributed by atoms with Crippen LogP contribution in [0.25, 0.3) is 0 Å². The van der Waals surface area contributed by atoms with E-state index >= 15 is 0 Å². The lowest BCUT2D eigenvalue weighted by molar-refractivity contribution is -0.142. The minimum absolute atomic E-state index is 0.0689. The first-order chi connectivity index (χ1) is 11.2. The predicted octanol–water partition coefficient (Wildman–Crippen LogP) is 3.22. The van der Waals surface area contributed by atoms with Crippen molar-refractivity contribution < 1.29 is 14.3 Å². The summed E-state index contributed by atoms with van der Waals surface area (Å²) in [5.74, 6) is 1.97. The van der Waals surface area contributed by atoms with E-state index in [1.807, 2.05) is 6.07 Å². The maximum Gasteiger partial charge on any atom is 0.305 e. The molecule has 3 unspecified atom stereocenters. The van der Waals surface area contributed by atoms with Crippen LogP contribution in [0.1, 0.15) is 43.6 Å². The Kier molecular flexibility index (Phi) is 5.21. The molecule has 2 fully saturated rings. The van der Waals surface area contributed by atoms with Crippen molar-refractivity contribution >= 4 is 5.97 Å². The first-order valence-electron chi connectivity index (χ1n) is 8.65. The Labute approximate surface area is 138 Å². The van der Waals surface area contributed by atoms with Crippen molar-refractivity contribution in [2.75, 3.05) is 27.3 Å². The van der Waals surface area contributed by atoms with Gasteiger partial charge >= 0.3 is 5.97 Å². The van der Waals surface area contributed by atoms with Crippen LogP contribution in [0, 0.1) is 5.92 Å². The molecule has 3 rings (SSSR count). The second-order valence-corrected chi connectivity index (χ2v) is 6.82. The first-order valence-corrected chi connectivity index (χ1v) is 8.65. The van der Waals surface area contributed by atoms with Crippen LogP contribution in [0.15, 0.2) is 24.3 Å². The molecule has 0 spiro atoms. The van der Waals surface area contributed by atoms with Crippen molar-refractivity contribution in [1.82, 2.24) is 4.90 Å². The van der Waals surface area contributed by atoms with E-state index in [0.29, 0.717) is 24.3 Å². The van der Waals surface area contributed by atoms with Crippen LogP contribution in [0.4, 0.5) is 0 Å². The third-order valence-electron chi connectivity index (χ3n) is 5.53. The van der Waals surface area contributed by atoms with Gasteiger partial charge in [-0.3, -0.25) is 4.79 Å². The number of hydrogen-bond acceptors (Lipinski definition) is 4. The summed E-state index contributed by atoms with van der Waals surface area (Å²) >= 11 is 0. The van der Waals surface area contributed by atoms with Crippen LogP contribution < -0.4 is 4.74 Å². The molecule has 126 valence electrons. The number of fused-ring (bicyclic) bond motifs is 1. The number of esters is 1. The normalized spacial score (nSPS) is 28.0. The molecular formula is C19H27NO3. The summed E-state index contributed by atoms with van der Waals surface area (Å²) in [6.45, 7) is 2.27.